The third kappa shape index (κ3) is 5.13. The topological polar surface area (TPSA) is 89.3 Å². The fourth-order valence-electron chi connectivity index (χ4n) is 2.36. The van der Waals surface area contributed by atoms with E-state index in [0.717, 1.165) is 41.8 Å². The number of nitrogens with one attached hydrogen (secondary N) is 2. The van der Waals surface area contributed by atoms with Gasteiger partial charge in [-0.2, -0.15) is 0 Å². The number of unbranched alkanes of at least 4 members (excludes halogenated alkanes) is 2. The van der Waals surface area contributed by atoms with E-state index >= 15 is 0 Å². The highest BCUT2D eigenvalue weighted by Crippen LogP contribution is 2.34. The first-order chi connectivity index (χ1) is 11.5. The van der Waals surface area contributed by atoms with Crippen LogP contribution < -0.4 is 21.1 Å². The Bertz CT molecular complexity index is 677. The number of aryl methyl sites for hydroxylation is 2. The van der Waals surface area contributed by atoms with Gasteiger partial charge in [0.2, 0.25) is 5.06 Å². The number of urea groups is 1. The van der Waals surface area contributed by atoms with Crippen LogP contribution in [0.1, 0.15) is 37.3 Å². The van der Waals surface area contributed by atoms with Crippen molar-refractivity contribution in [1.29, 1.82) is 0 Å². The molecule has 2 amide bonds. The molecule has 7 heteroatoms. The number of ether oxygens (including phenoxy) is 1. The Balaban J connectivity index is 1.99. The van der Waals surface area contributed by atoms with Gasteiger partial charge in [0.1, 0.15) is 5.75 Å². The maximum Gasteiger partial charge on any atom is 0.319 e. The number of anilines is 2. The minimum absolute atomic E-state index is 0.186. The van der Waals surface area contributed by atoms with E-state index in [1.54, 1.807) is 6.20 Å². The van der Waals surface area contributed by atoms with E-state index in [0.29, 0.717) is 16.7 Å². The van der Waals surface area contributed by atoms with Crippen molar-refractivity contribution >= 4 is 28.2 Å². The summed E-state index contributed by atoms with van der Waals surface area (Å²) in [5.41, 5.74) is 8.23. The lowest BCUT2D eigenvalue weighted by molar-refractivity contribution is 0.252. The van der Waals surface area contributed by atoms with Crippen molar-refractivity contribution in [2.75, 3.05) is 17.6 Å². The maximum absolute atomic E-state index is 11.9. The lowest BCUT2D eigenvalue weighted by Gasteiger charge is -2.13. The van der Waals surface area contributed by atoms with Crippen LogP contribution in [-0.2, 0) is 0 Å². The van der Waals surface area contributed by atoms with E-state index in [2.05, 4.69) is 22.5 Å². The summed E-state index contributed by atoms with van der Waals surface area (Å²) in [7, 11) is 0. The van der Waals surface area contributed by atoms with Gasteiger partial charge in [-0.1, -0.05) is 31.1 Å². The number of amides is 2. The van der Waals surface area contributed by atoms with Gasteiger partial charge in [0.05, 0.1) is 6.20 Å². The van der Waals surface area contributed by atoms with Crippen LogP contribution in [0.4, 0.5) is 15.6 Å². The number of rotatable bonds is 7. The monoisotopic (exact) mass is 348 g/mol. The van der Waals surface area contributed by atoms with Crippen LogP contribution in [0.3, 0.4) is 0 Å². The molecule has 1 aromatic carbocycles. The average molecular weight is 348 g/mol. The van der Waals surface area contributed by atoms with Gasteiger partial charge in [-0.05, 0) is 43.5 Å². The van der Waals surface area contributed by atoms with Crippen molar-refractivity contribution < 1.29 is 9.53 Å². The molecular formula is C17H24N4O2S. The van der Waals surface area contributed by atoms with E-state index < -0.39 is 0 Å². The van der Waals surface area contributed by atoms with Crippen LogP contribution in [0.5, 0.6) is 10.8 Å². The molecule has 2 aromatic rings. The van der Waals surface area contributed by atoms with Crippen LogP contribution >= 0.6 is 11.3 Å². The highest BCUT2D eigenvalue weighted by molar-refractivity contribution is 7.17. The molecule has 0 aliphatic carbocycles. The van der Waals surface area contributed by atoms with E-state index in [1.165, 1.54) is 11.3 Å². The molecule has 0 atom stereocenters. The molecule has 0 saturated heterocycles. The zero-order valence-electron chi connectivity index (χ0n) is 14.3. The second kappa shape index (κ2) is 8.54. The highest BCUT2D eigenvalue weighted by Gasteiger charge is 2.11. The maximum atomic E-state index is 11.9. The summed E-state index contributed by atoms with van der Waals surface area (Å²) < 4.78 is 5.86. The lowest BCUT2D eigenvalue weighted by Crippen LogP contribution is -2.29. The zero-order chi connectivity index (χ0) is 17.5. The third-order valence-corrected chi connectivity index (χ3v) is 4.19. The minimum atomic E-state index is -0.186. The summed E-state index contributed by atoms with van der Waals surface area (Å²) in [5, 5.41) is 6.84. The first-order valence-corrected chi connectivity index (χ1v) is 8.86. The molecule has 0 saturated carbocycles. The number of hydrogen-bond donors (Lipinski definition) is 3. The molecule has 130 valence electrons. The molecule has 6 nitrogen and oxygen atoms in total. The Hall–Kier alpha value is -2.28. The predicted molar refractivity (Wildman–Crippen MR) is 99.1 cm³/mol. The summed E-state index contributed by atoms with van der Waals surface area (Å²) in [6, 6.07) is 3.59. The van der Waals surface area contributed by atoms with Gasteiger partial charge in [-0.15, -0.1) is 0 Å². The van der Waals surface area contributed by atoms with Gasteiger partial charge in [-0.3, -0.25) is 0 Å². The smallest absolute Gasteiger partial charge is 0.319 e. The SMILES string of the molecule is CCCCCNC(=O)Nc1cc(C)c(Oc2cnc(N)s2)c(C)c1. The number of nitrogens with zero attached hydrogens (tertiary/aromatic N) is 1. The van der Waals surface area contributed by atoms with E-state index in [9.17, 15) is 4.79 Å². The molecular weight excluding hydrogens is 324 g/mol. The number of benzene rings is 1. The lowest BCUT2D eigenvalue weighted by atomic mass is 10.1. The van der Waals surface area contributed by atoms with Crippen molar-refractivity contribution in [3.05, 3.63) is 29.5 Å². The molecule has 0 spiro atoms. The highest BCUT2D eigenvalue weighted by atomic mass is 32.1. The van der Waals surface area contributed by atoms with Crippen LogP contribution in [0.15, 0.2) is 18.3 Å². The summed E-state index contributed by atoms with van der Waals surface area (Å²) in [4.78, 5) is 15.9. The van der Waals surface area contributed by atoms with E-state index in [4.69, 9.17) is 10.5 Å². The quantitative estimate of drug-likeness (QED) is 0.645. The van der Waals surface area contributed by atoms with Gasteiger partial charge in [0, 0.05) is 12.2 Å². The summed E-state index contributed by atoms with van der Waals surface area (Å²) in [6.45, 7) is 6.70. The molecule has 1 aromatic heterocycles. The van der Waals surface area contributed by atoms with Crippen molar-refractivity contribution in [1.82, 2.24) is 10.3 Å². The van der Waals surface area contributed by atoms with E-state index in [1.807, 2.05) is 26.0 Å². The fraction of sp³-hybridized carbons (Fsp3) is 0.412. The van der Waals surface area contributed by atoms with Crippen molar-refractivity contribution in [3.8, 4) is 10.8 Å². The molecule has 0 aliphatic heterocycles. The Morgan fingerprint density at radius 3 is 2.58 bits per heavy atom. The summed E-state index contributed by atoms with van der Waals surface area (Å²) in [6.07, 6.45) is 4.85. The largest absolute Gasteiger partial charge is 0.444 e. The third-order valence-electron chi connectivity index (χ3n) is 3.49. The average Bonchev–Trinajstić information content (AvgIpc) is 2.93. The molecule has 24 heavy (non-hydrogen) atoms. The molecule has 2 rings (SSSR count). The predicted octanol–water partition coefficient (Wildman–Crippen LogP) is 4.45. The summed E-state index contributed by atoms with van der Waals surface area (Å²) in [5.74, 6) is 0.757. The van der Waals surface area contributed by atoms with Gasteiger partial charge in [0.15, 0.2) is 5.13 Å². The number of carbonyl (C=O) groups excluding carboxylic acids is 1. The standard InChI is InChI=1S/C17H24N4O2S/c1-4-5-6-7-19-17(22)21-13-8-11(2)15(12(3)9-13)23-14-10-20-16(18)24-14/h8-10H,4-7H2,1-3H3,(H2,18,20)(H2,19,21,22). The number of thiazole rings is 1. The Morgan fingerprint density at radius 1 is 1.29 bits per heavy atom. The molecule has 0 bridgehead atoms. The van der Waals surface area contributed by atoms with Crippen LogP contribution in [0.2, 0.25) is 0 Å². The molecule has 0 aliphatic rings. The number of nitrogens with two attached hydrogens (primary N) is 1. The molecule has 0 radical (unpaired) electrons. The number of aromatic nitrogens is 1. The first kappa shape index (κ1) is 18.1. The number of hydrogen-bond acceptors (Lipinski definition) is 5. The first-order valence-electron chi connectivity index (χ1n) is 8.05. The Labute approximate surface area is 146 Å². The molecule has 0 unspecified atom stereocenters. The number of carbonyl (C=O) groups is 1. The van der Waals surface area contributed by atoms with E-state index in [-0.39, 0.29) is 6.03 Å². The van der Waals surface area contributed by atoms with Crippen molar-refractivity contribution in [2.24, 2.45) is 0 Å². The Kier molecular flexibility index (Phi) is 6.43. The second-order valence-corrected chi connectivity index (χ2v) is 6.67. The second-order valence-electron chi connectivity index (χ2n) is 5.65. The summed E-state index contributed by atoms with van der Waals surface area (Å²) >= 11 is 1.29. The normalized spacial score (nSPS) is 10.5. The fourth-order valence-corrected chi connectivity index (χ4v) is 2.90. The van der Waals surface area contributed by atoms with Crippen LogP contribution in [0, 0.1) is 13.8 Å². The number of nitrogen functional groups attached to an aromatic ring is 1. The van der Waals surface area contributed by atoms with Gasteiger partial charge < -0.3 is 21.1 Å². The van der Waals surface area contributed by atoms with Gasteiger partial charge >= 0.3 is 6.03 Å². The molecule has 4 N–H and O–H groups in total. The van der Waals surface area contributed by atoms with Gasteiger partial charge in [-0.25, -0.2) is 9.78 Å². The van der Waals surface area contributed by atoms with Gasteiger partial charge in [0.25, 0.3) is 0 Å². The molecule has 0 fully saturated rings. The van der Waals surface area contributed by atoms with Crippen LogP contribution in [0.25, 0.3) is 0 Å². The minimum Gasteiger partial charge on any atom is -0.444 e. The zero-order valence-corrected chi connectivity index (χ0v) is 15.1. The van der Waals surface area contributed by atoms with Crippen molar-refractivity contribution in [3.63, 3.8) is 0 Å². The molecule has 1 heterocycles. The van der Waals surface area contributed by atoms with Crippen LogP contribution in [-0.4, -0.2) is 17.6 Å². The Morgan fingerprint density at radius 2 is 2.00 bits per heavy atom. The van der Waals surface area contributed by atoms with Crippen molar-refractivity contribution in [2.45, 2.75) is 40.0 Å².